The molecule has 1 N–H and O–H groups in total. The second kappa shape index (κ2) is 4.45. The van der Waals surface area contributed by atoms with Crippen molar-refractivity contribution in [1.29, 1.82) is 0 Å². The highest BCUT2D eigenvalue weighted by Crippen LogP contribution is 2.15. The molecule has 1 fully saturated rings. The molecule has 1 atom stereocenters. The van der Waals surface area contributed by atoms with Gasteiger partial charge in [-0.25, -0.2) is 0 Å². The van der Waals surface area contributed by atoms with Crippen molar-refractivity contribution in [3.63, 3.8) is 0 Å². The zero-order valence-electron chi connectivity index (χ0n) is 7.97. The average Bonchev–Trinajstić information content (AvgIpc) is 2.47. The van der Waals surface area contributed by atoms with Gasteiger partial charge in [-0.15, -0.1) is 0 Å². The van der Waals surface area contributed by atoms with Crippen LogP contribution in [-0.2, 0) is 4.79 Å². The zero-order chi connectivity index (χ0) is 8.97. The highest BCUT2D eigenvalue weighted by Gasteiger charge is 2.23. The van der Waals surface area contributed by atoms with E-state index in [1.165, 1.54) is 6.42 Å². The van der Waals surface area contributed by atoms with Gasteiger partial charge < -0.3 is 10.2 Å². The number of nitrogens with zero attached hydrogens (tertiary/aromatic N) is 1. The number of amides is 1. The van der Waals surface area contributed by atoms with E-state index in [0.29, 0.717) is 12.6 Å². The Morgan fingerprint density at radius 1 is 1.67 bits per heavy atom. The van der Waals surface area contributed by atoms with E-state index in [0.717, 1.165) is 19.5 Å². The molecule has 3 nitrogen and oxygen atoms in total. The molecule has 0 bridgehead atoms. The summed E-state index contributed by atoms with van der Waals surface area (Å²) < 4.78 is 0. The Morgan fingerprint density at radius 2 is 2.42 bits per heavy atom. The largest absolute Gasteiger partial charge is 0.339 e. The van der Waals surface area contributed by atoms with Crippen molar-refractivity contribution in [2.45, 2.75) is 32.7 Å². The lowest BCUT2D eigenvalue weighted by Gasteiger charge is -2.21. The second-order valence-electron chi connectivity index (χ2n) is 3.36. The summed E-state index contributed by atoms with van der Waals surface area (Å²) in [5.41, 5.74) is 0. The Kier molecular flexibility index (Phi) is 3.53. The summed E-state index contributed by atoms with van der Waals surface area (Å²) >= 11 is 0. The fourth-order valence-corrected chi connectivity index (χ4v) is 1.64. The number of likely N-dealkylation sites (N-methyl/N-ethyl adjacent to an activating group) is 1. The number of carbonyl (C=O) groups excluding carboxylic acids is 1. The summed E-state index contributed by atoms with van der Waals surface area (Å²) in [7, 11) is 0. The summed E-state index contributed by atoms with van der Waals surface area (Å²) in [4.78, 5) is 13.5. The van der Waals surface area contributed by atoms with E-state index in [2.05, 4.69) is 12.2 Å². The van der Waals surface area contributed by atoms with Crippen molar-refractivity contribution in [1.82, 2.24) is 10.2 Å². The predicted molar refractivity (Wildman–Crippen MR) is 49.0 cm³/mol. The van der Waals surface area contributed by atoms with Gasteiger partial charge in [0, 0.05) is 12.6 Å². The number of carbonyl (C=O) groups is 1. The number of nitrogens with one attached hydrogen (secondary N) is 1. The summed E-state index contributed by atoms with van der Waals surface area (Å²) in [5, 5.41) is 3.05. The predicted octanol–water partition coefficient (Wildman–Crippen LogP) is 0.607. The van der Waals surface area contributed by atoms with Crippen molar-refractivity contribution in [2.24, 2.45) is 0 Å². The van der Waals surface area contributed by atoms with Crippen LogP contribution in [0.5, 0.6) is 0 Å². The third-order valence-corrected chi connectivity index (χ3v) is 2.40. The van der Waals surface area contributed by atoms with Crippen LogP contribution >= 0.6 is 0 Å². The minimum atomic E-state index is 0.252. The fraction of sp³-hybridized carbons (Fsp3) is 0.889. The van der Waals surface area contributed by atoms with Crippen LogP contribution < -0.4 is 5.32 Å². The Labute approximate surface area is 74.1 Å². The first kappa shape index (κ1) is 9.52. The monoisotopic (exact) mass is 170 g/mol. The molecule has 0 aliphatic carbocycles. The lowest BCUT2D eigenvalue weighted by molar-refractivity contribution is -0.130. The molecule has 0 radical (unpaired) electrons. The Balaban J connectivity index is 2.30. The Hall–Kier alpha value is -0.570. The number of rotatable bonds is 3. The van der Waals surface area contributed by atoms with Crippen molar-refractivity contribution in [3.8, 4) is 0 Å². The van der Waals surface area contributed by atoms with Crippen LogP contribution in [0.3, 0.4) is 0 Å². The van der Waals surface area contributed by atoms with E-state index in [1.807, 2.05) is 11.8 Å². The minimum Gasteiger partial charge on any atom is -0.339 e. The topological polar surface area (TPSA) is 32.3 Å². The first-order valence-corrected chi connectivity index (χ1v) is 4.76. The van der Waals surface area contributed by atoms with E-state index < -0.39 is 0 Å². The van der Waals surface area contributed by atoms with Gasteiger partial charge >= 0.3 is 0 Å². The maximum atomic E-state index is 11.5. The lowest BCUT2D eigenvalue weighted by Crippen LogP contribution is -2.39. The summed E-state index contributed by atoms with van der Waals surface area (Å²) in [6, 6.07) is 0.455. The van der Waals surface area contributed by atoms with Crippen molar-refractivity contribution in [3.05, 3.63) is 0 Å². The van der Waals surface area contributed by atoms with Crippen LogP contribution in [0.2, 0.25) is 0 Å². The smallest absolute Gasteiger partial charge is 0.236 e. The van der Waals surface area contributed by atoms with Gasteiger partial charge in [0.1, 0.15) is 0 Å². The van der Waals surface area contributed by atoms with Gasteiger partial charge in [0.15, 0.2) is 0 Å². The van der Waals surface area contributed by atoms with Crippen LogP contribution in [-0.4, -0.2) is 36.5 Å². The highest BCUT2D eigenvalue weighted by molar-refractivity contribution is 5.78. The average molecular weight is 170 g/mol. The summed E-state index contributed by atoms with van der Waals surface area (Å²) in [6.07, 6.45) is 2.33. The fourth-order valence-electron chi connectivity index (χ4n) is 1.64. The molecular weight excluding hydrogens is 152 g/mol. The molecule has 0 saturated carbocycles. The van der Waals surface area contributed by atoms with Crippen molar-refractivity contribution >= 4 is 5.91 Å². The minimum absolute atomic E-state index is 0.252. The molecule has 0 aromatic heterocycles. The molecule has 1 aliphatic heterocycles. The molecule has 70 valence electrons. The van der Waals surface area contributed by atoms with E-state index in [4.69, 9.17) is 0 Å². The normalized spacial score (nSPS) is 23.2. The van der Waals surface area contributed by atoms with Crippen LogP contribution in [0.25, 0.3) is 0 Å². The number of likely N-dealkylation sites (tertiary alicyclic amines) is 1. The van der Waals surface area contributed by atoms with Gasteiger partial charge in [-0.05, 0) is 26.3 Å². The first-order chi connectivity index (χ1) is 5.75. The molecule has 1 aliphatic rings. The summed E-state index contributed by atoms with van der Waals surface area (Å²) in [6.45, 7) is 6.46. The second-order valence-corrected chi connectivity index (χ2v) is 3.36. The van der Waals surface area contributed by atoms with Gasteiger partial charge in [0.05, 0.1) is 6.54 Å². The maximum absolute atomic E-state index is 11.5. The molecule has 0 aromatic carbocycles. The quantitative estimate of drug-likeness (QED) is 0.673. The third kappa shape index (κ3) is 2.21. The lowest BCUT2D eigenvalue weighted by atomic mass is 10.2. The van der Waals surface area contributed by atoms with Crippen LogP contribution in [0.15, 0.2) is 0 Å². The van der Waals surface area contributed by atoms with Gasteiger partial charge in [0.25, 0.3) is 0 Å². The maximum Gasteiger partial charge on any atom is 0.236 e. The van der Waals surface area contributed by atoms with Crippen molar-refractivity contribution in [2.75, 3.05) is 19.6 Å². The van der Waals surface area contributed by atoms with Gasteiger partial charge in [0.2, 0.25) is 5.91 Å². The molecule has 12 heavy (non-hydrogen) atoms. The first-order valence-electron chi connectivity index (χ1n) is 4.76. The Bertz CT molecular complexity index is 159. The molecule has 3 heteroatoms. The molecule has 0 aromatic rings. The van der Waals surface area contributed by atoms with Crippen LogP contribution in [0.4, 0.5) is 0 Å². The van der Waals surface area contributed by atoms with Gasteiger partial charge in [-0.1, -0.05) is 6.92 Å². The number of hydrogen-bond donors (Lipinski definition) is 1. The molecule has 0 unspecified atom stereocenters. The molecule has 1 saturated heterocycles. The molecule has 0 spiro atoms. The molecule has 1 heterocycles. The van der Waals surface area contributed by atoms with Crippen LogP contribution in [0.1, 0.15) is 26.7 Å². The zero-order valence-corrected chi connectivity index (χ0v) is 7.97. The SMILES string of the molecule is CCNCC(=O)N1CCC[C@@H]1C. The van der Waals surface area contributed by atoms with Gasteiger partial charge in [-0.2, -0.15) is 0 Å². The molecular formula is C9H18N2O. The molecule has 1 rings (SSSR count). The third-order valence-electron chi connectivity index (χ3n) is 2.40. The Morgan fingerprint density at radius 3 is 2.92 bits per heavy atom. The van der Waals surface area contributed by atoms with Crippen LogP contribution in [0, 0.1) is 0 Å². The highest BCUT2D eigenvalue weighted by atomic mass is 16.2. The van der Waals surface area contributed by atoms with E-state index in [-0.39, 0.29) is 5.91 Å². The van der Waals surface area contributed by atoms with E-state index >= 15 is 0 Å². The van der Waals surface area contributed by atoms with Crippen molar-refractivity contribution < 1.29 is 4.79 Å². The van der Waals surface area contributed by atoms with E-state index in [9.17, 15) is 4.79 Å². The standard InChI is InChI=1S/C9H18N2O/c1-3-10-7-9(12)11-6-4-5-8(11)2/h8,10H,3-7H2,1-2H3/t8-/m0/s1. The van der Waals surface area contributed by atoms with E-state index in [1.54, 1.807) is 0 Å². The van der Waals surface area contributed by atoms with Gasteiger partial charge in [-0.3, -0.25) is 4.79 Å². The summed E-state index contributed by atoms with van der Waals surface area (Å²) in [5.74, 6) is 0.252. The number of hydrogen-bond acceptors (Lipinski definition) is 2. The molecule has 1 amide bonds.